The van der Waals surface area contributed by atoms with Gasteiger partial charge in [0.25, 0.3) is 0 Å². The van der Waals surface area contributed by atoms with Gasteiger partial charge in [0.05, 0.1) is 6.61 Å². The quantitative estimate of drug-likeness (QED) is 0.600. The molecule has 2 rings (SSSR count). The fourth-order valence-corrected chi connectivity index (χ4v) is 2.61. The highest BCUT2D eigenvalue weighted by atomic mass is 35.5. The molecule has 0 aliphatic heterocycles. The molecule has 5 nitrogen and oxygen atoms in total. The molecule has 0 saturated heterocycles. The third-order valence-electron chi connectivity index (χ3n) is 3.77. The first-order valence-electron chi connectivity index (χ1n) is 8.11. The Morgan fingerprint density at radius 1 is 1.16 bits per heavy atom. The van der Waals surface area contributed by atoms with Crippen molar-refractivity contribution in [3.05, 3.63) is 64.7 Å². The van der Waals surface area contributed by atoms with Gasteiger partial charge < -0.3 is 20.5 Å². The van der Waals surface area contributed by atoms with Crippen LogP contribution in [0.3, 0.4) is 0 Å². The standard InChI is InChI=1S/C19H23ClN2O3/c1-25-11-10-21-17-9-5-3-7-15(17)13-22-19(24)18(23)12-14-6-2-4-8-16(14)20/h2-9,18,21,23H,10-13H2,1H3,(H,22,24)/t18-/m0/s1. The van der Waals surface area contributed by atoms with Crippen LogP contribution in [-0.4, -0.2) is 37.4 Å². The van der Waals surface area contributed by atoms with E-state index in [-0.39, 0.29) is 6.42 Å². The molecule has 0 radical (unpaired) electrons. The predicted octanol–water partition coefficient (Wildman–Crippen LogP) is 2.62. The number of rotatable bonds is 9. The van der Waals surface area contributed by atoms with Crippen molar-refractivity contribution in [2.75, 3.05) is 25.6 Å². The first kappa shape index (κ1) is 19.2. The maximum Gasteiger partial charge on any atom is 0.249 e. The second kappa shape index (κ2) is 10.0. The van der Waals surface area contributed by atoms with E-state index >= 15 is 0 Å². The normalized spacial score (nSPS) is 11.8. The summed E-state index contributed by atoms with van der Waals surface area (Å²) in [5.41, 5.74) is 2.62. The van der Waals surface area contributed by atoms with Gasteiger partial charge in [0.15, 0.2) is 0 Å². The summed E-state index contributed by atoms with van der Waals surface area (Å²) < 4.78 is 5.02. The average Bonchev–Trinajstić information content (AvgIpc) is 2.62. The number of hydrogen-bond acceptors (Lipinski definition) is 4. The number of benzene rings is 2. The van der Waals surface area contributed by atoms with Gasteiger partial charge in [0.2, 0.25) is 5.91 Å². The van der Waals surface area contributed by atoms with Crippen LogP contribution >= 0.6 is 11.6 Å². The van der Waals surface area contributed by atoms with Gasteiger partial charge >= 0.3 is 0 Å². The molecule has 0 aliphatic carbocycles. The fraction of sp³-hybridized carbons (Fsp3) is 0.316. The van der Waals surface area contributed by atoms with Crippen molar-refractivity contribution >= 4 is 23.2 Å². The van der Waals surface area contributed by atoms with Crippen LogP contribution < -0.4 is 10.6 Å². The van der Waals surface area contributed by atoms with Crippen molar-refractivity contribution in [1.29, 1.82) is 0 Å². The second-order valence-electron chi connectivity index (χ2n) is 5.61. The number of hydrogen-bond donors (Lipinski definition) is 3. The summed E-state index contributed by atoms with van der Waals surface area (Å²) in [4.78, 5) is 12.2. The molecule has 1 amide bonds. The fourth-order valence-electron chi connectivity index (χ4n) is 2.40. The maximum absolute atomic E-state index is 12.2. The summed E-state index contributed by atoms with van der Waals surface area (Å²) in [6.45, 7) is 1.60. The van der Waals surface area contributed by atoms with Crippen LogP contribution in [0.5, 0.6) is 0 Å². The minimum Gasteiger partial charge on any atom is -0.383 e. The maximum atomic E-state index is 12.2. The molecular weight excluding hydrogens is 340 g/mol. The van der Waals surface area contributed by atoms with E-state index in [1.54, 1.807) is 19.2 Å². The Morgan fingerprint density at radius 2 is 1.84 bits per heavy atom. The molecule has 25 heavy (non-hydrogen) atoms. The van der Waals surface area contributed by atoms with Crippen molar-refractivity contribution in [3.63, 3.8) is 0 Å². The van der Waals surface area contributed by atoms with E-state index in [4.69, 9.17) is 16.3 Å². The Morgan fingerprint density at radius 3 is 2.56 bits per heavy atom. The number of amides is 1. The number of halogens is 1. The largest absolute Gasteiger partial charge is 0.383 e. The van der Waals surface area contributed by atoms with Crippen LogP contribution in [0.2, 0.25) is 5.02 Å². The molecule has 0 spiro atoms. The number of carbonyl (C=O) groups is 1. The number of nitrogens with one attached hydrogen (secondary N) is 2. The molecule has 134 valence electrons. The van der Waals surface area contributed by atoms with E-state index in [2.05, 4.69) is 10.6 Å². The SMILES string of the molecule is COCCNc1ccccc1CNC(=O)[C@@H](O)Cc1ccccc1Cl. The van der Waals surface area contributed by atoms with E-state index < -0.39 is 12.0 Å². The first-order chi connectivity index (χ1) is 12.1. The number of ether oxygens (including phenoxy) is 1. The van der Waals surface area contributed by atoms with E-state index in [0.29, 0.717) is 24.7 Å². The summed E-state index contributed by atoms with van der Waals surface area (Å²) in [6.07, 6.45) is -0.965. The van der Waals surface area contributed by atoms with Gasteiger partial charge in [-0.3, -0.25) is 4.79 Å². The summed E-state index contributed by atoms with van der Waals surface area (Å²) in [7, 11) is 1.65. The van der Waals surface area contributed by atoms with Gasteiger partial charge in [-0.05, 0) is 23.3 Å². The molecule has 0 aliphatic rings. The van der Waals surface area contributed by atoms with Crippen LogP contribution in [0.25, 0.3) is 0 Å². The summed E-state index contributed by atoms with van der Waals surface area (Å²) in [6, 6.07) is 14.9. The molecule has 2 aromatic rings. The Hall–Kier alpha value is -2.08. The summed E-state index contributed by atoms with van der Waals surface area (Å²) >= 11 is 6.07. The van der Waals surface area contributed by atoms with Crippen molar-refractivity contribution < 1.29 is 14.6 Å². The minimum absolute atomic E-state index is 0.180. The molecule has 0 fully saturated rings. The molecule has 0 unspecified atom stereocenters. The predicted molar refractivity (Wildman–Crippen MR) is 99.8 cm³/mol. The molecule has 3 N–H and O–H groups in total. The average molecular weight is 363 g/mol. The Balaban J connectivity index is 1.90. The van der Waals surface area contributed by atoms with Crippen molar-refractivity contribution in [3.8, 4) is 0 Å². The Bertz CT molecular complexity index is 694. The monoisotopic (exact) mass is 362 g/mol. The lowest BCUT2D eigenvalue weighted by Gasteiger charge is -2.15. The Labute approximate surface area is 153 Å². The smallest absolute Gasteiger partial charge is 0.249 e. The molecular formula is C19H23ClN2O3. The molecule has 2 aromatic carbocycles. The summed E-state index contributed by atoms with van der Waals surface area (Å²) in [5.74, 6) is -0.424. The van der Waals surface area contributed by atoms with Crippen molar-refractivity contribution in [1.82, 2.24) is 5.32 Å². The number of para-hydroxylation sites is 1. The zero-order chi connectivity index (χ0) is 18.1. The van der Waals surface area contributed by atoms with Crippen LogP contribution in [0, 0.1) is 0 Å². The van der Waals surface area contributed by atoms with Gasteiger partial charge in [-0.25, -0.2) is 0 Å². The highest BCUT2D eigenvalue weighted by Crippen LogP contribution is 2.17. The van der Waals surface area contributed by atoms with Gasteiger partial charge in [-0.15, -0.1) is 0 Å². The van der Waals surface area contributed by atoms with Crippen molar-refractivity contribution in [2.45, 2.75) is 19.1 Å². The van der Waals surface area contributed by atoms with Gasteiger partial charge in [-0.2, -0.15) is 0 Å². The molecule has 1 atom stereocenters. The third kappa shape index (κ3) is 6.05. The van der Waals surface area contributed by atoms with Crippen LogP contribution in [0.1, 0.15) is 11.1 Å². The third-order valence-corrected chi connectivity index (χ3v) is 4.13. The van der Waals surface area contributed by atoms with Crippen molar-refractivity contribution in [2.24, 2.45) is 0 Å². The lowest BCUT2D eigenvalue weighted by atomic mass is 10.1. The van der Waals surface area contributed by atoms with Crippen LogP contribution in [0.4, 0.5) is 5.69 Å². The lowest BCUT2D eigenvalue weighted by Crippen LogP contribution is -2.35. The van der Waals surface area contributed by atoms with E-state index in [0.717, 1.165) is 16.8 Å². The number of carbonyl (C=O) groups excluding carboxylic acids is 1. The van der Waals surface area contributed by atoms with Gasteiger partial charge in [-0.1, -0.05) is 48.0 Å². The lowest BCUT2D eigenvalue weighted by molar-refractivity contribution is -0.129. The molecule has 0 saturated carbocycles. The first-order valence-corrected chi connectivity index (χ1v) is 8.49. The topological polar surface area (TPSA) is 70.6 Å². The van der Waals surface area contributed by atoms with E-state index in [9.17, 15) is 9.90 Å². The number of anilines is 1. The molecule has 0 heterocycles. The Kier molecular flexibility index (Phi) is 7.73. The van der Waals surface area contributed by atoms with Gasteiger partial charge in [0, 0.05) is 37.3 Å². The van der Waals surface area contributed by atoms with E-state index in [1.807, 2.05) is 36.4 Å². The number of aliphatic hydroxyl groups excluding tert-OH is 1. The van der Waals surface area contributed by atoms with Crippen LogP contribution in [-0.2, 0) is 22.5 Å². The molecule has 0 bridgehead atoms. The number of aliphatic hydroxyl groups is 1. The molecule has 6 heteroatoms. The highest BCUT2D eigenvalue weighted by Gasteiger charge is 2.17. The zero-order valence-corrected chi connectivity index (χ0v) is 14.9. The van der Waals surface area contributed by atoms with Gasteiger partial charge in [0.1, 0.15) is 6.10 Å². The molecule has 0 aromatic heterocycles. The second-order valence-corrected chi connectivity index (χ2v) is 6.01. The summed E-state index contributed by atoms with van der Waals surface area (Å²) in [5, 5.41) is 16.7. The zero-order valence-electron chi connectivity index (χ0n) is 14.2. The highest BCUT2D eigenvalue weighted by molar-refractivity contribution is 6.31. The van der Waals surface area contributed by atoms with E-state index in [1.165, 1.54) is 0 Å². The van der Waals surface area contributed by atoms with Crippen LogP contribution in [0.15, 0.2) is 48.5 Å². The minimum atomic E-state index is -1.14. The number of methoxy groups -OCH3 is 1.